The Kier molecular flexibility index (Phi) is 5.73. The van der Waals surface area contributed by atoms with Gasteiger partial charge in [0.2, 0.25) is 5.91 Å². The average molecular weight is 500 g/mol. The number of carbonyl (C=O) groups is 1. The van der Waals surface area contributed by atoms with Crippen molar-refractivity contribution in [1.29, 1.82) is 0 Å². The summed E-state index contributed by atoms with van der Waals surface area (Å²) in [6.07, 6.45) is 5.16. The number of H-pyrrole nitrogens is 1. The Bertz CT molecular complexity index is 1520. The molecule has 0 unspecified atom stereocenters. The van der Waals surface area contributed by atoms with Crippen molar-refractivity contribution in [2.24, 2.45) is 0 Å². The van der Waals surface area contributed by atoms with Crippen LogP contribution in [-0.2, 0) is 4.79 Å². The largest absolute Gasteiger partial charge is 0.490 e. The van der Waals surface area contributed by atoms with Gasteiger partial charge in [0.05, 0.1) is 27.3 Å². The number of likely N-dealkylation sites (tertiary alicyclic amines) is 1. The fourth-order valence-corrected chi connectivity index (χ4v) is 5.80. The van der Waals surface area contributed by atoms with Crippen molar-refractivity contribution >= 4 is 22.8 Å². The highest BCUT2D eigenvalue weighted by Crippen LogP contribution is 2.41. The van der Waals surface area contributed by atoms with E-state index in [0.29, 0.717) is 5.82 Å². The number of rotatable bonds is 5. The van der Waals surface area contributed by atoms with E-state index in [1.807, 2.05) is 65.0 Å². The van der Waals surface area contributed by atoms with Gasteiger partial charge in [-0.1, -0.05) is 30.3 Å². The van der Waals surface area contributed by atoms with E-state index in [0.717, 1.165) is 69.6 Å². The fraction of sp³-hybridized carbons (Fsp3) is 0.269. The van der Waals surface area contributed by atoms with Crippen molar-refractivity contribution in [2.75, 3.05) is 13.1 Å². The molecule has 0 bridgehead atoms. The van der Waals surface area contributed by atoms with Crippen molar-refractivity contribution in [3.63, 3.8) is 0 Å². The molecule has 1 saturated heterocycles. The highest BCUT2D eigenvalue weighted by atomic mass is 32.1. The van der Waals surface area contributed by atoms with Crippen LogP contribution in [-0.4, -0.2) is 59.8 Å². The Morgan fingerprint density at radius 2 is 1.97 bits per heavy atom. The van der Waals surface area contributed by atoms with Crippen LogP contribution in [0, 0.1) is 6.92 Å². The van der Waals surface area contributed by atoms with Crippen LogP contribution in [0.1, 0.15) is 25.5 Å². The minimum atomic E-state index is 0.0816. The van der Waals surface area contributed by atoms with Gasteiger partial charge in [-0.15, -0.1) is 11.3 Å². The number of thiazole rings is 1. The van der Waals surface area contributed by atoms with E-state index in [9.17, 15) is 4.79 Å². The van der Waals surface area contributed by atoms with E-state index in [-0.39, 0.29) is 12.0 Å². The third-order valence-electron chi connectivity index (χ3n) is 6.49. The number of piperidine rings is 1. The third-order valence-corrected chi connectivity index (χ3v) is 7.57. The van der Waals surface area contributed by atoms with Gasteiger partial charge in [-0.25, -0.2) is 14.5 Å². The lowest BCUT2D eigenvalue weighted by Gasteiger charge is -2.31. The first-order chi connectivity index (χ1) is 17.6. The van der Waals surface area contributed by atoms with Gasteiger partial charge in [-0.2, -0.15) is 10.2 Å². The SMILES string of the molecule is CC(=O)N1CCC(Oc2ccn3nc(C)c(-c4nc(-c5ccccc5)c(-c5ncn[nH]5)s4)c3c2)CC1. The van der Waals surface area contributed by atoms with Crippen molar-refractivity contribution in [1.82, 2.24) is 34.7 Å². The molecule has 0 aliphatic carbocycles. The number of aromatic amines is 1. The number of carbonyl (C=O) groups excluding carboxylic acids is 1. The zero-order valence-corrected chi connectivity index (χ0v) is 20.8. The second kappa shape index (κ2) is 9.19. The molecule has 0 saturated carbocycles. The number of nitrogens with zero attached hydrogens (tertiary/aromatic N) is 6. The molecule has 0 spiro atoms. The van der Waals surface area contributed by atoms with Gasteiger partial charge in [0.15, 0.2) is 5.82 Å². The zero-order chi connectivity index (χ0) is 24.6. The number of nitrogens with one attached hydrogen (secondary N) is 1. The van der Waals surface area contributed by atoms with Crippen LogP contribution in [0.4, 0.5) is 0 Å². The second-order valence-corrected chi connectivity index (χ2v) is 9.87. The maximum atomic E-state index is 11.6. The number of pyridine rings is 1. The predicted octanol–water partition coefficient (Wildman–Crippen LogP) is 4.61. The minimum absolute atomic E-state index is 0.0816. The van der Waals surface area contributed by atoms with E-state index < -0.39 is 0 Å². The molecule has 1 amide bonds. The van der Waals surface area contributed by atoms with Gasteiger partial charge in [-0.3, -0.25) is 9.89 Å². The topological polar surface area (TPSA) is 101 Å². The summed E-state index contributed by atoms with van der Waals surface area (Å²) in [6, 6.07) is 14.1. The molecule has 6 rings (SSSR count). The van der Waals surface area contributed by atoms with E-state index in [1.165, 1.54) is 6.33 Å². The van der Waals surface area contributed by atoms with Crippen LogP contribution in [0.3, 0.4) is 0 Å². The maximum absolute atomic E-state index is 11.6. The number of aryl methyl sites for hydroxylation is 1. The predicted molar refractivity (Wildman–Crippen MR) is 138 cm³/mol. The summed E-state index contributed by atoms with van der Waals surface area (Å²) in [6.45, 7) is 5.07. The molecule has 5 aromatic rings. The highest BCUT2D eigenvalue weighted by Gasteiger charge is 2.24. The lowest BCUT2D eigenvalue weighted by atomic mass is 10.1. The highest BCUT2D eigenvalue weighted by molar-refractivity contribution is 7.19. The summed E-state index contributed by atoms with van der Waals surface area (Å²) in [5.74, 6) is 1.60. The van der Waals surface area contributed by atoms with Crippen LogP contribution >= 0.6 is 11.3 Å². The number of ether oxygens (including phenoxy) is 1. The molecule has 1 aromatic carbocycles. The van der Waals surface area contributed by atoms with Gasteiger partial charge in [0, 0.05) is 50.7 Å². The Morgan fingerprint density at radius 1 is 1.17 bits per heavy atom. The fourth-order valence-electron chi connectivity index (χ4n) is 4.66. The quantitative estimate of drug-likeness (QED) is 0.379. The lowest BCUT2D eigenvalue weighted by Crippen LogP contribution is -2.40. The van der Waals surface area contributed by atoms with Gasteiger partial charge < -0.3 is 9.64 Å². The molecule has 1 aliphatic heterocycles. The van der Waals surface area contributed by atoms with Crippen LogP contribution in [0.5, 0.6) is 5.75 Å². The molecule has 10 heteroatoms. The van der Waals surface area contributed by atoms with E-state index in [4.69, 9.17) is 14.8 Å². The molecule has 1 N–H and O–H groups in total. The molecular formula is C26H25N7O2S. The molecule has 0 radical (unpaired) electrons. The van der Waals surface area contributed by atoms with Gasteiger partial charge >= 0.3 is 0 Å². The first kappa shape index (κ1) is 22.4. The molecular weight excluding hydrogens is 474 g/mol. The molecule has 5 heterocycles. The molecule has 0 atom stereocenters. The van der Waals surface area contributed by atoms with Crippen LogP contribution in [0.25, 0.3) is 38.0 Å². The van der Waals surface area contributed by atoms with Crippen molar-refractivity contribution < 1.29 is 9.53 Å². The van der Waals surface area contributed by atoms with Crippen molar-refractivity contribution in [3.05, 3.63) is 60.7 Å². The summed E-state index contributed by atoms with van der Waals surface area (Å²) in [4.78, 5) is 23.9. The summed E-state index contributed by atoms with van der Waals surface area (Å²) in [5.41, 5.74) is 4.67. The number of benzene rings is 1. The van der Waals surface area contributed by atoms with Crippen molar-refractivity contribution in [2.45, 2.75) is 32.8 Å². The molecule has 182 valence electrons. The van der Waals surface area contributed by atoms with E-state index in [2.05, 4.69) is 15.2 Å². The number of hydrogen-bond acceptors (Lipinski definition) is 7. The number of amides is 1. The van der Waals surface area contributed by atoms with Crippen LogP contribution in [0.2, 0.25) is 0 Å². The van der Waals surface area contributed by atoms with Crippen LogP contribution < -0.4 is 4.74 Å². The molecule has 1 fully saturated rings. The summed E-state index contributed by atoms with van der Waals surface area (Å²) in [5, 5.41) is 12.6. The zero-order valence-electron chi connectivity index (χ0n) is 20.0. The normalized spacial score (nSPS) is 14.4. The van der Waals surface area contributed by atoms with Crippen LogP contribution in [0.15, 0.2) is 55.0 Å². The van der Waals surface area contributed by atoms with Crippen molar-refractivity contribution in [3.8, 4) is 38.3 Å². The van der Waals surface area contributed by atoms with Gasteiger partial charge in [0.1, 0.15) is 23.2 Å². The minimum Gasteiger partial charge on any atom is -0.490 e. The van der Waals surface area contributed by atoms with E-state index >= 15 is 0 Å². The smallest absolute Gasteiger partial charge is 0.219 e. The Balaban J connectivity index is 1.37. The molecule has 1 aliphatic rings. The summed E-state index contributed by atoms with van der Waals surface area (Å²) >= 11 is 1.57. The molecule has 4 aromatic heterocycles. The Labute approximate surface area is 211 Å². The lowest BCUT2D eigenvalue weighted by molar-refractivity contribution is -0.130. The number of hydrogen-bond donors (Lipinski definition) is 1. The standard InChI is InChI=1S/C26H25N7O2S/c1-16-22(26-29-23(18-6-4-3-5-7-18)24(36-26)25-27-15-28-30-25)21-14-20(10-13-33(21)31-16)35-19-8-11-32(12-9-19)17(2)34/h3-7,10,13-15,19H,8-9,11-12H2,1-2H3,(H,27,28,30). The molecule has 9 nitrogen and oxygen atoms in total. The number of aromatic nitrogens is 6. The molecule has 36 heavy (non-hydrogen) atoms. The third kappa shape index (κ3) is 4.13. The first-order valence-electron chi connectivity index (χ1n) is 11.9. The monoisotopic (exact) mass is 499 g/mol. The van der Waals surface area contributed by atoms with Gasteiger partial charge in [0.25, 0.3) is 0 Å². The maximum Gasteiger partial charge on any atom is 0.219 e. The summed E-state index contributed by atoms with van der Waals surface area (Å²) < 4.78 is 8.20. The number of fused-ring (bicyclic) bond motifs is 1. The first-order valence-corrected chi connectivity index (χ1v) is 12.7. The Hall–Kier alpha value is -4.05. The summed E-state index contributed by atoms with van der Waals surface area (Å²) in [7, 11) is 0. The Morgan fingerprint density at radius 3 is 2.69 bits per heavy atom. The average Bonchev–Trinajstić information content (AvgIpc) is 3.63. The second-order valence-electron chi connectivity index (χ2n) is 8.87. The van der Waals surface area contributed by atoms with Gasteiger partial charge in [-0.05, 0) is 13.0 Å². The van der Waals surface area contributed by atoms with E-state index in [1.54, 1.807) is 18.3 Å².